The van der Waals surface area contributed by atoms with Gasteiger partial charge in [0.25, 0.3) is 0 Å². The van der Waals surface area contributed by atoms with E-state index in [4.69, 9.17) is 10.5 Å². The molecule has 0 atom stereocenters. The summed E-state index contributed by atoms with van der Waals surface area (Å²) in [6, 6.07) is 5.85. The van der Waals surface area contributed by atoms with Crippen molar-refractivity contribution in [3.05, 3.63) is 29.6 Å². The minimum atomic E-state index is 0.349. The third kappa shape index (κ3) is 1.25. The van der Waals surface area contributed by atoms with E-state index < -0.39 is 0 Å². The molecule has 2 heterocycles. The Hall–Kier alpha value is -1.98. The minimum Gasteiger partial charge on any atom is -0.294 e. The highest BCUT2D eigenvalue weighted by atomic mass is 32.2. The largest absolute Gasteiger partial charge is 0.294 e. The fourth-order valence-corrected chi connectivity index (χ4v) is 2.16. The number of aromatic nitrogens is 2. The van der Waals surface area contributed by atoms with Crippen molar-refractivity contribution in [3.63, 3.8) is 0 Å². The number of rotatable bonds is 1. The highest BCUT2D eigenvalue weighted by Gasteiger charge is 2.17. The van der Waals surface area contributed by atoms with Gasteiger partial charge in [0, 0.05) is 12.4 Å². The summed E-state index contributed by atoms with van der Waals surface area (Å²) >= 11 is 1.44. The molecule has 0 N–H and O–H groups in total. The molecule has 0 aromatic carbocycles. The molecule has 2 aromatic rings. The van der Waals surface area contributed by atoms with E-state index in [9.17, 15) is 0 Å². The molecule has 0 aliphatic rings. The number of nitriles is 2. The van der Waals surface area contributed by atoms with Crippen LogP contribution < -0.4 is 0 Å². The van der Waals surface area contributed by atoms with Crippen LogP contribution in [0.5, 0.6) is 0 Å². The van der Waals surface area contributed by atoms with Crippen LogP contribution in [0, 0.1) is 22.7 Å². The van der Waals surface area contributed by atoms with Gasteiger partial charge in [0.05, 0.1) is 5.03 Å². The maximum atomic E-state index is 9.01. The molecule has 2 aromatic heterocycles. The summed E-state index contributed by atoms with van der Waals surface area (Å²) in [6.07, 6.45) is 5.29. The summed E-state index contributed by atoms with van der Waals surface area (Å²) in [6.45, 7) is 0. The molecule has 0 saturated heterocycles. The average molecular weight is 214 g/mol. The maximum Gasteiger partial charge on any atom is 0.156 e. The molecule has 0 aliphatic heterocycles. The Bertz CT molecular complexity index is 600. The minimum absolute atomic E-state index is 0.349. The van der Waals surface area contributed by atoms with Crippen LogP contribution in [0.3, 0.4) is 0 Å². The number of fused-ring (bicyclic) bond motifs is 1. The Labute approximate surface area is 90.8 Å². The fraction of sp³-hybridized carbons (Fsp3) is 0.100. The number of nitrogens with zero attached hydrogens (tertiary/aromatic N) is 4. The summed E-state index contributed by atoms with van der Waals surface area (Å²) in [5.41, 5.74) is 1.30. The second kappa shape index (κ2) is 3.64. The van der Waals surface area contributed by atoms with Crippen molar-refractivity contribution in [2.24, 2.45) is 0 Å². The van der Waals surface area contributed by atoms with E-state index in [0.29, 0.717) is 16.8 Å². The first-order valence-electron chi connectivity index (χ1n) is 4.16. The van der Waals surface area contributed by atoms with Gasteiger partial charge in [-0.1, -0.05) is 0 Å². The van der Waals surface area contributed by atoms with Crippen molar-refractivity contribution in [2.75, 3.05) is 6.26 Å². The van der Waals surface area contributed by atoms with Crippen molar-refractivity contribution >= 4 is 17.4 Å². The molecule has 0 aliphatic carbocycles. The van der Waals surface area contributed by atoms with E-state index >= 15 is 0 Å². The third-order valence-electron chi connectivity index (χ3n) is 2.07. The zero-order valence-corrected chi connectivity index (χ0v) is 8.75. The molecular formula is C10H6N4S. The Balaban J connectivity index is 2.99. The molecule has 0 unspecified atom stereocenters. The van der Waals surface area contributed by atoms with E-state index in [1.54, 1.807) is 22.9 Å². The standard InChI is InChI=1S/C10H6N4S/c1-15-10-8(6-12)7(5-11)9-13-3-2-4-14(9)10/h2-4H,1H3. The van der Waals surface area contributed by atoms with Crippen LogP contribution in [0.25, 0.3) is 5.65 Å². The van der Waals surface area contributed by atoms with Crippen LogP contribution in [-0.2, 0) is 0 Å². The molecule has 5 heteroatoms. The van der Waals surface area contributed by atoms with Crippen LogP contribution >= 0.6 is 11.8 Å². The quantitative estimate of drug-likeness (QED) is 0.679. The van der Waals surface area contributed by atoms with E-state index in [-0.39, 0.29) is 0 Å². The number of hydrogen-bond donors (Lipinski definition) is 0. The first-order valence-corrected chi connectivity index (χ1v) is 5.39. The Morgan fingerprint density at radius 1 is 1.33 bits per heavy atom. The van der Waals surface area contributed by atoms with Crippen LogP contribution in [0.1, 0.15) is 11.1 Å². The van der Waals surface area contributed by atoms with Crippen molar-refractivity contribution in [2.45, 2.75) is 5.03 Å². The summed E-state index contributed by atoms with van der Waals surface area (Å²) in [7, 11) is 0. The summed E-state index contributed by atoms with van der Waals surface area (Å²) in [5.74, 6) is 0. The highest BCUT2D eigenvalue weighted by Crippen LogP contribution is 2.27. The van der Waals surface area contributed by atoms with Gasteiger partial charge in [0.15, 0.2) is 5.65 Å². The summed E-state index contributed by atoms with van der Waals surface area (Å²) in [4.78, 5) is 4.11. The fourth-order valence-electron chi connectivity index (χ4n) is 1.47. The molecule has 0 amide bonds. The molecular weight excluding hydrogens is 208 g/mol. The molecule has 2 rings (SSSR count). The Morgan fingerprint density at radius 3 is 2.67 bits per heavy atom. The highest BCUT2D eigenvalue weighted by molar-refractivity contribution is 7.98. The molecule has 0 radical (unpaired) electrons. The molecule has 72 valence electrons. The average Bonchev–Trinajstić information content (AvgIpc) is 2.61. The first kappa shape index (κ1) is 9.57. The normalized spacial score (nSPS) is 9.80. The van der Waals surface area contributed by atoms with E-state index in [2.05, 4.69) is 11.1 Å². The number of hydrogen-bond acceptors (Lipinski definition) is 4. The van der Waals surface area contributed by atoms with E-state index in [1.807, 2.05) is 12.3 Å². The molecule has 4 nitrogen and oxygen atoms in total. The number of thioether (sulfide) groups is 1. The van der Waals surface area contributed by atoms with Gasteiger partial charge >= 0.3 is 0 Å². The van der Waals surface area contributed by atoms with Gasteiger partial charge in [0.1, 0.15) is 23.3 Å². The second-order valence-corrected chi connectivity index (χ2v) is 3.59. The zero-order valence-electron chi connectivity index (χ0n) is 7.93. The van der Waals surface area contributed by atoms with Gasteiger partial charge in [-0.3, -0.25) is 4.40 Å². The van der Waals surface area contributed by atoms with Gasteiger partial charge in [0.2, 0.25) is 0 Å². The molecule has 0 saturated carbocycles. The summed E-state index contributed by atoms with van der Waals surface area (Å²) < 4.78 is 1.77. The van der Waals surface area contributed by atoms with Gasteiger partial charge in [-0.2, -0.15) is 10.5 Å². The molecule has 0 fully saturated rings. The van der Waals surface area contributed by atoms with Gasteiger partial charge in [-0.15, -0.1) is 11.8 Å². The Morgan fingerprint density at radius 2 is 2.07 bits per heavy atom. The lowest BCUT2D eigenvalue weighted by Gasteiger charge is -1.96. The van der Waals surface area contributed by atoms with Crippen LogP contribution in [-0.4, -0.2) is 15.6 Å². The van der Waals surface area contributed by atoms with Crippen molar-refractivity contribution in [1.82, 2.24) is 9.38 Å². The lowest BCUT2D eigenvalue weighted by Crippen LogP contribution is -1.87. The second-order valence-electron chi connectivity index (χ2n) is 2.80. The third-order valence-corrected chi connectivity index (χ3v) is 2.86. The van der Waals surface area contributed by atoms with Crippen molar-refractivity contribution in [3.8, 4) is 12.1 Å². The lowest BCUT2D eigenvalue weighted by atomic mass is 10.2. The zero-order chi connectivity index (χ0) is 10.8. The van der Waals surface area contributed by atoms with E-state index in [0.717, 1.165) is 5.03 Å². The monoisotopic (exact) mass is 214 g/mol. The van der Waals surface area contributed by atoms with Crippen molar-refractivity contribution < 1.29 is 0 Å². The molecule has 0 bridgehead atoms. The van der Waals surface area contributed by atoms with E-state index in [1.165, 1.54) is 11.8 Å². The topological polar surface area (TPSA) is 64.9 Å². The predicted octanol–water partition coefficient (Wildman–Crippen LogP) is 1.80. The van der Waals surface area contributed by atoms with Crippen LogP contribution in [0.4, 0.5) is 0 Å². The van der Waals surface area contributed by atoms with Gasteiger partial charge < -0.3 is 0 Å². The predicted molar refractivity (Wildman–Crippen MR) is 56.4 cm³/mol. The van der Waals surface area contributed by atoms with Crippen LogP contribution in [0.15, 0.2) is 23.5 Å². The van der Waals surface area contributed by atoms with Gasteiger partial charge in [-0.05, 0) is 12.3 Å². The van der Waals surface area contributed by atoms with Gasteiger partial charge in [-0.25, -0.2) is 4.98 Å². The Kier molecular flexibility index (Phi) is 2.32. The smallest absolute Gasteiger partial charge is 0.156 e. The summed E-state index contributed by atoms with van der Waals surface area (Å²) in [5, 5.41) is 18.8. The van der Waals surface area contributed by atoms with Crippen LogP contribution in [0.2, 0.25) is 0 Å². The SMILES string of the molecule is CSc1c(C#N)c(C#N)c2ncccn12. The molecule has 15 heavy (non-hydrogen) atoms. The van der Waals surface area contributed by atoms with Crippen molar-refractivity contribution in [1.29, 1.82) is 10.5 Å². The maximum absolute atomic E-state index is 9.01. The molecule has 0 spiro atoms. The first-order chi connectivity index (χ1) is 7.33. The lowest BCUT2D eigenvalue weighted by molar-refractivity contribution is 1.01.